The van der Waals surface area contributed by atoms with E-state index in [2.05, 4.69) is 5.32 Å². The van der Waals surface area contributed by atoms with Crippen molar-refractivity contribution in [3.8, 4) is 0 Å². The van der Waals surface area contributed by atoms with Crippen LogP contribution in [0.1, 0.15) is 58.3 Å². The van der Waals surface area contributed by atoms with E-state index in [4.69, 9.17) is 9.84 Å². The van der Waals surface area contributed by atoms with Gasteiger partial charge < -0.3 is 25.4 Å². The van der Waals surface area contributed by atoms with Gasteiger partial charge in [-0.15, -0.1) is 0 Å². The van der Waals surface area contributed by atoms with Gasteiger partial charge in [0.15, 0.2) is 0 Å². The highest BCUT2D eigenvalue weighted by molar-refractivity contribution is 5.69. The van der Waals surface area contributed by atoms with Gasteiger partial charge in [0.2, 0.25) is 0 Å². The summed E-state index contributed by atoms with van der Waals surface area (Å²) in [4.78, 5) is 22.3. The first-order valence-electron chi connectivity index (χ1n) is 9.05. The number of aliphatic carboxylic acids is 1. The van der Waals surface area contributed by atoms with Crippen LogP contribution in [-0.2, 0) is 9.53 Å². The number of ether oxygens (including phenoxy) is 1. The molecule has 0 heterocycles. The van der Waals surface area contributed by atoms with Crippen LogP contribution in [0, 0.1) is 5.92 Å². The van der Waals surface area contributed by atoms with Crippen LogP contribution >= 0.6 is 0 Å². The zero-order valence-corrected chi connectivity index (χ0v) is 14.9. The molecule has 4 N–H and O–H groups in total. The predicted molar refractivity (Wildman–Crippen MR) is 93.2 cm³/mol. The average Bonchev–Trinajstić information content (AvgIpc) is 2.55. The Bertz CT molecular complexity index is 453. The van der Waals surface area contributed by atoms with E-state index in [1.165, 1.54) is 0 Å². The summed E-state index contributed by atoms with van der Waals surface area (Å²) in [5.41, 5.74) is -1.26. The van der Waals surface area contributed by atoms with Gasteiger partial charge in [0.25, 0.3) is 0 Å². The molecule has 0 bridgehead atoms. The molecule has 1 amide bonds. The van der Waals surface area contributed by atoms with Crippen LogP contribution in [0.15, 0.2) is 12.2 Å². The van der Waals surface area contributed by atoms with Gasteiger partial charge in [-0.1, -0.05) is 31.9 Å². The molecule has 1 aliphatic carbocycles. The maximum Gasteiger partial charge on any atom is 0.407 e. The summed E-state index contributed by atoms with van der Waals surface area (Å²) < 4.78 is 5.06. The molecule has 0 spiro atoms. The third-order valence-electron chi connectivity index (χ3n) is 4.62. The van der Waals surface area contributed by atoms with E-state index in [0.29, 0.717) is 32.2 Å². The number of nitrogens with one attached hydrogen (secondary N) is 1. The number of allylic oxidation sites excluding steroid dienone is 1. The third kappa shape index (κ3) is 8.36. The monoisotopic (exact) mass is 357 g/mol. The Kier molecular flexibility index (Phi) is 9.52. The number of carboxylic acid groups (broad SMARTS) is 1. The first-order chi connectivity index (χ1) is 11.8. The maximum absolute atomic E-state index is 11.6. The lowest BCUT2D eigenvalue weighted by Crippen LogP contribution is -2.43. The molecule has 0 radical (unpaired) electrons. The molecule has 0 saturated carbocycles. The Morgan fingerprint density at radius 1 is 1.36 bits per heavy atom. The van der Waals surface area contributed by atoms with Gasteiger partial charge in [0, 0.05) is 13.0 Å². The highest BCUT2D eigenvalue weighted by atomic mass is 16.5. The number of hydrogen-bond acceptors (Lipinski definition) is 5. The quantitative estimate of drug-likeness (QED) is 0.371. The summed E-state index contributed by atoms with van der Waals surface area (Å²) in [6.45, 7) is 2.11. The van der Waals surface area contributed by atoms with E-state index in [0.717, 1.165) is 19.3 Å². The Labute approximate surface area is 149 Å². The molecule has 0 saturated heterocycles. The standard InChI is InChI=1S/C18H31NO6/c1-14(16(21)22)8-5-7-12-19-17(23)25-13-11-18(24)10-6-3-2-4-9-15(18)20/h4,9,14-15,20,24H,2-3,5-8,10-13H2,1H3,(H,19,23)(H,21,22)/b9-4+/t14-,15-,18-/m0/s1. The summed E-state index contributed by atoms with van der Waals surface area (Å²) >= 11 is 0. The fourth-order valence-electron chi connectivity index (χ4n) is 2.78. The Balaban J connectivity index is 2.18. The van der Waals surface area contributed by atoms with Crippen LogP contribution in [0.4, 0.5) is 4.79 Å². The number of rotatable bonds is 9. The van der Waals surface area contributed by atoms with Crippen LogP contribution in [0.3, 0.4) is 0 Å². The van der Waals surface area contributed by atoms with Crippen molar-refractivity contribution in [3.63, 3.8) is 0 Å². The van der Waals surface area contributed by atoms with Gasteiger partial charge in [-0.2, -0.15) is 0 Å². The van der Waals surface area contributed by atoms with Crippen LogP contribution in [0.5, 0.6) is 0 Å². The molecule has 0 fully saturated rings. The zero-order chi connectivity index (χ0) is 18.7. The number of aliphatic hydroxyl groups is 2. The second-order valence-corrected chi connectivity index (χ2v) is 6.77. The van der Waals surface area contributed by atoms with Gasteiger partial charge in [0.05, 0.1) is 18.1 Å². The number of carboxylic acids is 1. The molecule has 25 heavy (non-hydrogen) atoms. The molecule has 0 unspecified atom stereocenters. The van der Waals surface area contributed by atoms with E-state index in [9.17, 15) is 19.8 Å². The van der Waals surface area contributed by atoms with Gasteiger partial charge in [-0.3, -0.25) is 4.79 Å². The van der Waals surface area contributed by atoms with E-state index in [1.54, 1.807) is 13.0 Å². The fraction of sp³-hybridized carbons (Fsp3) is 0.778. The molecule has 3 atom stereocenters. The van der Waals surface area contributed by atoms with E-state index >= 15 is 0 Å². The van der Waals surface area contributed by atoms with Gasteiger partial charge in [0.1, 0.15) is 6.10 Å². The molecule has 0 aromatic rings. The van der Waals surface area contributed by atoms with Crippen molar-refractivity contribution in [2.24, 2.45) is 5.92 Å². The maximum atomic E-state index is 11.6. The highest BCUT2D eigenvalue weighted by Gasteiger charge is 2.34. The van der Waals surface area contributed by atoms with Crippen molar-refractivity contribution < 1.29 is 29.6 Å². The summed E-state index contributed by atoms with van der Waals surface area (Å²) in [6, 6.07) is 0. The van der Waals surface area contributed by atoms with Crippen LogP contribution in [0.2, 0.25) is 0 Å². The lowest BCUT2D eigenvalue weighted by Gasteiger charge is -2.32. The first-order valence-corrected chi connectivity index (χ1v) is 9.05. The summed E-state index contributed by atoms with van der Waals surface area (Å²) in [7, 11) is 0. The van der Waals surface area contributed by atoms with Crippen LogP contribution in [0.25, 0.3) is 0 Å². The molecular weight excluding hydrogens is 326 g/mol. The van der Waals surface area contributed by atoms with Gasteiger partial charge >= 0.3 is 12.1 Å². The third-order valence-corrected chi connectivity index (χ3v) is 4.62. The fourth-order valence-corrected chi connectivity index (χ4v) is 2.78. The Hall–Kier alpha value is -1.60. The van der Waals surface area contributed by atoms with Crippen molar-refractivity contribution in [3.05, 3.63) is 12.2 Å². The molecule has 0 aromatic carbocycles. The number of carbonyl (C=O) groups excluding carboxylic acids is 1. The Morgan fingerprint density at radius 2 is 2.12 bits per heavy atom. The molecule has 0 aliphatic heterocycles. The van der Waals surface area contributed by atoms with Gasteiger partial charge in [-0.25, -0.2) is 4.79 Å². The molecular formula is C18H31NO6. The number of unbranched alkanes of at least 4 members (excludes halogenated alkanes) is 1. The predicted octanol–water partition coefficient (Wildman–Crippen LogP) is 2.22. The number of amides is 1. The molecule has 1 rings (SSSR count). The molecule has 7 nitrogen and oxygen atoms in total. The lowest BCUT2D eigenvalue weighted by molar-refractivity contribution is -0.141. The van der Waals surface area contributed by atoms with Gasteiger partial charge in [-0.05, 0) is 32.1 Å². The molecule has 0 aromatic heterocycles. The lowest BCUT2D eigenvalue weighted by atomic mass is 9.85. The molecule has 7 heteroatoms. The number of alkyl carbamates (subject to hydrolysis) is 1. The second-order valence-electron chi connectivity index (χ2n) is 6.77. The van der Waals surface area contributed by atoms with Crippen molar-refractivity contribution in [1.29, 1.82) is 0 Å². The minimum atomic E-state index is -1.26. The zero-order valence-electron chi connectivity index (χ0n) is 14.9. The largest absolute Gasteiger partial charge is 0.481 e. The molecule has 1 aliphatic rings. The minimum absolute atomic E-state index is 0.0310. The summed E-state index contributed by atoms with van der Waals surface area (Å²) in [5.74, 6) is -1.19. The minimum Gasteiger partial charge on any atom is -0.481 e. The van der Waals surface area contributed by atoms with Crippen LogP contribution in [-0.4, -0.2) is 52.2 Å². The normalized spacial score (nSPS) is 26.1. The Morgan fingerprint density at radius 3 is 2.84 bits per heavy atom. The smallest absolute Gasteiger partial charge is 0.407 e. The van der Waals surface area contributed by atoms with E-state index in [-0.39, 0.29) is 18.9 Å². The second kappa shape index (κ2) is 11.1. The SMILES string of the molecule is C[C@@H](CCCCNC(=O)OCC[C@@]1(O)CCCC/C=C/[C@@H]1O)C(=O)O. The highest BCUT2D eigenvalue weighted by Crippen LogP contribution is 2.26. The average molecular weight is 357 g/mol. The first kappa shape index (κ1) is 21.4. The summed E-state index contributed by atoms with van der Waals surface area (Å²) in [5, 5.41) is 32.0. The van der Waals surface area contributed by atoms with E-state index in [1.807, 2.05) is 6.08 Å². The summed E-state index contributed by atoms with van der Waals surface area (Å²) in [6.07, 6.45) is 7.28. The van der Waals surface area contributed by atoms with Crippen LogP contribution < -0.4 is 5.32 Å². The van der Waals surface area contributed by atoms with Crippen molar-refractivity contribution in [1.82, 2.24) is 5.32 Å². The topological polar surface area (TPSA) is 116 Å². The number of aliphatic hydroxyl groups excluding tert-OH is 1. The van der Waals surface area contributed by atoms with Crippen molar-refractivity contribution in [2.75, 3.05) is 13.2 Å². The molecule has 144 valence electrons. The van der Waals surface area contributed by atoms with Crippen molar-refractivity contribution in [2.45, 2.75) is 70.0 Å². The van der Waals surface area contributed by atoms with E-state index < -0.39 is 23.8 Å². The number of carbonyl (C=O) groups is 2. The van der Waals surface area contributed by atoms with Crippen molar-refractivity contribution >= 4 is 12.1 Å². The number of hydrogen-bond donors (Lipinski definition) is 4.